The van der Waals surface area contributed by atoms with Crippen molar-refractivity contribution in [3.8, 4) is 0 Å². The number of hydrogen-bond donors (Lipinski definition) is 0. The third kappa shape index (κ3) is 1.79. The van der Waals surface area contributed by atoms with E-state index in [0.29, 0.717) is 24.9 Å². The van der Waals surface area contributed by atoms with Crippen molar-refractivity contribution < 1.29 is 14.4 Å². The van der Waals surface area contributed by atoms with Gasteiger partial charge in [-0.3, -0.25) is 9.59 Å². The number of fused-ring (bicyclic) bond motifs is 2. The molecule has 4 nitrogen and oxygen atoms in total. The maximum atomic E-state index is 12.4. The third-order valence-corrected chi connectivity index (χ3v) is 4.00. The second-order valence-electron chi connectivity index (χ2n) is 5.26. The zero-order valence-electron chi connectivity index (χ0n) is 10.8. The molecule has 0 unspecified atom stereocenters. The fraction of sp³-hybridized carbons (Fsp3) is 0.400. The lowest BCUT2D eigenvalue weighted by Gasteiger charge is -2.36. The summed E-state index contributed by atoms with van der Waals surface area (Å²) in [5, 5.41) is 0. The van der Waals surface area contributed by atoms with Crippen molar-refractivity contribution in [3.63, 3.8) is 0 Å². The molecule has 2 atom stereocenters. The molecule has 0 aliphatic carbocycles. The molecule has 3 rings (SSSR count). The second kappa shape index (κ2) is 4.30. The SMILES string of the molecule is CC(=O)C[C@H]1c2ccccc2C(=O)N2CCC(=O)[C@@H]12. The van der Waals surface area contributed by atoms with Crippen molar-refractivity contribution in [1.82, 2.24) is 4.90 Å². The summed E-state index contributed by atoms with van der Waals surface area (Å²) in [6.07, 6.45) is 0.718. The van der Waals surface area contributed by atoms with Gasteiger partial charge in [-0.1, -0.05) is 18.2 Å². The molecule has 2 aliphatic heterocycles. The number of carbonyl (C=O) groups is 3. The van der Waals surface area contributed by atoms with E-state index in [9.17, 15) is 14.4 Å². The first-order chi connectivity index (χ1) is 9.09. The van der Waals surface area contributed by atoms with Crippen LogP contribution < -0.4 is 0 Å². The lowest BCUT2D eigenvalue weighted by Crippen LogP contribution is -2.47. The van der Waals surface area contributed by atoms with E-state index in [1.807, 2.05) is 18.2 Å². The van der Waals surface area contributed by atoms with Crippen LogP contribution in [0.3, 0.4) is 0 Å². The van der Waals surface area contributed by atoms with Crippen LogP contribution in [-0.4, -0.2) is 35.0 Å². The van der Waals surface area contributed by atoms with Gasteiger partial charge in [-0.25, -0.2) is 0 Å². The van der Waals surface area contributed by atoms with Gasteiger partial charge < -0.3 is 9.69 Å². The number of hydrogen-bond acceptors (Lipinski definition) is 3. The van der Waals surface area contributed by atoms with Crippen molar-refractivity contribution in [3.05, 3.63) is 35.4 Å². The van der Waals surface area contributed by atoms with E-state index in [0.717, 1.165) is 5.56 Å². The molecule has 1 amide bonds. The number of amides is 1. The standard InChI is InChI=1S/C15H15NO3/c1-9(17)8-12-10-4-2-3-5-11(10)15(19)16-7-6-13(18)14(12)16/h2-5,12,14H,6-8H2,1H3/t12-,14+/m0/s1. The van der Waals surface area contributed by atoms with E-state index < -0.39 is 6.04 Å². The molecule has 0 N–H and O–H groups in total. The number of nitrogens with zero attached hydrogens (tertiary/aromatic N) is 1. The Balaban J connectivity index is 2.13. The summed E-state index contributed by atoms with van der Waals surface area (Å²) in [5.74, 6) is -0.129. The fourth-order valence-corrected chi connectivity index (χ4v) is 3.23. The average Bonchev–Trinajstić information content (AvgIpc) is 2.77. The van der Waals surface area contributed by atoms with E-state index in [4.69, 9.17) is 0 Å². The maximum Gasteiger partial charge on any atom is 0.254 e. The van der Waals surface area contributed by atoms with Gasteiger partial charge in [-0.15, -0.1) is 0 Å². The van der Waals surface area contributed by atoms with Gasteiger partial charge in [0.05, 0.1) is 6.04 Å². The van der Waals surface area contributed by atoms with Crippen LogP contribution in [0.25, 0.3) is 0 Å². The summed E-state index contributed by atoms with van der Waals surface area (Å²) in [4.78, 5) is 37.5. The predicted octanol–water partition coefficient (Wildman–Crippen LogP) is 1.55. The van der Waals surface area contributed by atoms with E-state index in [1.165, 1.54) is 6.92 Å². The van der Waals surface area contributed by atoms with Crippen LogP contribution in [0.5, 0.6) is 0 Å². The minimum atomic E-state index is -0.439. The Morgan fingerprint density at radius 1 is 1.32 bits per heavy atom. The zero-order valence-corrected chi connectivity index (χ0v) is 10.8. The largest absolute Gasteiger partial charge is 0.328 e. The number of ketones is 2. The van der Waals surface area contributed by atoms with Crippen LogP contribution in [0, 0.1) is 0 Å². The molecule has 0 spiro atoms. The molecular weight excluding hydrogens is 242 g/mol. The second-order valence-corrected chi connectivity index (χ2v) is 5.26. The molecule has 98 valence electrons. The topological polar surface area (TPSA) is 54.5 Å². The highest BCUT2D eigenvalue weighted by atomic mass is 16.2. The molecule has 0 aromatic heterocycles. The van der Waals surface area contributed by atoms with Gasteiger partial charge in [-0.05, 0) is 18.6 Å². The molecule has 2 heterocycles. The van der Waals surface area contributed by atoms with Crippen LogP contribution in [-0.2, 0) is 9.59 Å². The van der Waals surface area contributed by atoms with Crippen LogP contribution in [0.4, 0.5) is 0 Å². The van der Waals surface area contributed by atoms with Crippen molar-refractivity contribution in [2.24, 2.45) is 0 Å². The summed E-state index contributed by atoms with van der Waals surface area (Å²) in [6.45, 7) is 2.01. The Kier molecular flexibility index (Phi) is 2.73. The number of benzene rings is 1. The normalized spacial score (nSPS) is 25.2. The lowest BCUT2D eigenvalue weighted by atomic mass is 9.80. The van der Waals surface area contributed by atoms with E-state index in [-0.39, 0.29) is 23.4 Å². The molecule has 4 heteroatoms. The predicted molar refractivity (Wildman–Crippen MR) is 68.9 cm³/mol. The van der Waals surface area contributed by atoms with Gasteiger partial charge in [0.25, 0.3) is 5.91 Å². The maximum absolute atomic E-state index is 12.4. The number of carbonyl (C=O) groups excluding carboxylic acids is 3. The Morgan fingerprint density at radius 2 is 2.05 bits per heavy atom. The third-order valence-electron chi connectivity index (χ3n) is 4.00. The lowest BCUT2D eigenvalue weighted by molar-refractivity contribution is -0.121. The molecular formula is C15H15NO3. The fourth-order valence-electron chi connectivity index (χ4n) is 3.23. The highest BCUT2D eigenvalue weighted by Crippen LogP contribution is 2.39. The van der Waals surface area contributed by atoms with Gasteiger partial charge in [0.1, 0.15) is 5.78 Å². The molecule has 1 fully saturated rings. The Bertz CT molecular complexity index is 579. The van der Waals surface area contributed by atoms with Crippen LogP contribution in [0.15, 0.2) is 24.3 Å². The van der Waals surface area contributed by atoms with E-state index in [2.05, 4.69) is 0 Å². The molecule has 1 aromatic rings. The minimum absolute atomic E-state index is 0.0498. The van der Waals surface area contributed by atoms with Crippen molar-refractivity contribution in [2.45, 2.75) is 31.7 Å². The Morgan fingerprint density at radius 3 is 2.79 bits per heavy atom. The molecule has 2 aliphatic rings. The Labute approximate surface area is 111 Å². The quantitative estimate of drug-likeness (QED) is 0.807. The average molecular weight is 257 g/mol. The summed E-state index contributed by atoms with van der Waals surface area (Å²) in [6, 6.07) is 6.88. The molecule has 19 heavy (non-hydrogen) atoms. The molecule has 0 radical (unpaired) electrons. The first-order valence-electron chi connectivity index (χ1n) is 6.51. The van der Waals surface area contributed by atoms with Gasteiger partial charge in [0.2, 0.25) is 0 Å². The monoisotopic (exact) mass is 257 g/mol. The highest BCUT2D eigenvalue weighted by Gasteiger charge is 2.46. The summed E-state index contributed by atoms with van der Waals surface area (Å²) < 4.78 is 0. The number of Topliss-reactive ketones (excluding diaryl/α,β-unsaturated/α-hetero) is 2. The molecule has 0 saturated carbocycles. The minimum Gasteiger partial charge on any atom is -0.328 e. The first kappa shape index (κ1) is 12.1. The van der Waals surface area contributed by atoms with E-state index in [1.54, 1.807) is 11.0 Å². The van der Waals surface area contributed by atoms with E-state index >= 15 is 0 Å². The summed E-state index contributed by atoms with van der Waals surface area (Å²) in [5.41, 5.74) is 1.49. The van der Waals surface area contributed by atoms with Crippen molar-refractivity contribution in [1.29, 1.82) is 0 Å². The zero-order chi connectivity index (χ0) is 13.6. The van der Waals surface area contributed by atoms with Gasteiger partial charge in [0.15, 0.2) is 5.78 Å². The molecule has 1 aromatic carbocycles. The smallest absolute Gasteiger partial charge is 0.254 e. The Hall–Kier alpha value is -1.97. The first-order valence-corrected chi connectivity index (χ1v) is 6.51. The highest BCUT2D eigenvalue weighted by molar-refractivity contribution is 6.04. The molecule has 0 bridgehead atoms. The number of rotatable bonds is 2. The summed E-state index contributed by atoms with van der Waals surface area (Å²) in [7, 11) is 0. The van der Waals surface area contributed by atoms with Crippen molar-refractivity contribution in [2.75, 3.05) is 6.54 Å². The summed E-state index contributed by atoms with van der Waals surface area (Å²) >= 11 is 0. The molecule has 1 saturated heterocycles. The van der Waals surface area contributed by atoms with Gasteiger partial charge >= 0.3 is 0 Å². The van der Waals surface area contributed by atoms with Gasteiger partial charge in [0, 0.05) is 30.9 Å². The van der Waals surface area contributed by atoms with Crippen molar-refractivity contribution >= 4 is 17.5 Å². The van der Waals surface area contributed by atoms with Crippen LogP contribution >= 0.6 is 0 Å². The van der Waals surface area contributed by atoms with Crippen LogP contribution in [0.2, 0.25) is 0 Å². The van der Waals surface area contributed by atoms with Gasteiger partial charge in [-0.2, -0.15) is 0 Å². The van der Waals surface area contributed by atoms with Crippen LogP contribution in [0.1, 0.15) is 41.6 Å².